The third-order valence-corrected chi connectivity index (χ3v) is 4.73. The predicted octanol–water partition coefficient (Wildman–Crippen LogP) is 3.98. The first-order valence-corrected chi connectivity index (χ1v) is 8.56. The molecule has 1 heterocycles. The molecule has 26 heavy (non-hydrogen) atoms. The summed E-state index contributed by atoms with van der Waals surface area (Å²) in [6.45, 7) is 1.46. The number of rotatable bonds is 5. The maximum absolute atomic E-state index is 12.5. The molecule has 0 fully saturated rings. The maximum atomic E-state index is 12.5. The van der Waals surface area contributed by atoms with Gasteiger partial charge in [-0.2, -0.15) is 0 Å². The molecule has 0 aliphatic carbocycles. The summed E-state index contributed by atoms with van der Waals surface area (Å²) in [6.07, 6.45) is 0. The molecule has 1 amide bonds. The molecule has 0 atom stereocenters. The van der Waals surface area contributed by atoms with Crippen molar-refractivity contribution in [3.63, 3.8) is 0 Å². The van der Waals surface area contributed by atoms with Crippen LogP contribution in [0, 0.1) is 0 Å². The molecule has 0 spiro atoms. The number of aromatic nitrogens is 1. The second kappa shape index (κ2) is 7.37. The van der Waals surface area contributed by atoms with Crippen molar-refractivity contribution in [3.05, 3.63) is 59.0 Å². The lowest BCUT2D eigenvalue weighted by atomic mass is 10.1. The van der Waals surface area contributed by atoms with E-state index in [4.69, 9.17) is 4.74 Å². The van der Waals surface area contributed by atoms with Crippen molar-refractivity contribution < 1.29 is 19.4 Å². The van der Waals surface area contributed by atoms with Crippen LogP contribution >= 0.6 is 11.3 Å². The van der Waals surface area contributed by atoms with Gasteiger partial charge in [0.15, 0.2) is 10.9 Å². The lowest BCUT2D eigenvalue weighted by molar-refractivity contribution is 0.101. The lowest BCUT2D eigenvalue weighted by Gasteiger charge is -2.06. The van der Waals surface area contributed by atoms with Crippen LogP contribution < -0.4 is 10.1 Å². The fourth-order valence-corrected chi connectivity index (χ4v) is 3.27. The molecular weight excluding hydrogens is 352 g/mol. The summed E-state index contributed by atoms with van der Waals surface area (Å²) in [5.74, 6) is -0.396. The summed E-state index contributed by atoms with van der Waals surface area (Å²) in [5.41, 5.74) is 1.37. The third-order valence-electron chi connectivity index (χ3n) is 3.66. The molecule has 0 saturated carbocycles. The Hall–Kier alpha value is -3.19. The largest absolute Gasteiger partial charge is 0.507 e. The van der Waals surface area contributed by atoms with E-state index in [1.807, 2.05) is 30.3 Å². The van der Waals surface area contributed by atoms with Crippen molar-refractivity contribution in [3.8, 4) is 22.8 Å². The Labute approximate surface area is 154 Å². The Bertz CT molecular complexity index is 967. The second-order valence-electron chi connectivity index (χ2n) is 5.46. The van der Waals surface area contributed by atoms with Gasteiger partial charge in [-0.15, -0.1) is 0 Å². The highest BCUT2D eigenvalue weighted by atomic mass is 32.1. The Morgan fingerprint density at radius 1 is 1.15 bits per heavy atom. The third kappa shape index (κ3) is 3.57. The molecule has 0 saturated heterocycles. The zero-order chi connectivity index (χ0) is 18.7. The van der Waals surface area contributed by atoms with Crippen LogP contribution in [0.25, 0.3) is 11.3 Å². The van der Waals surface area contributed by atoms with E-state index < -0.39 is 5.91 Å². The molecule has 2 N–H and O–H groups in total. The molecule has 1 aromatic heterocycles. The van der Waals surface area contributed by atoms with Crippen LogP contribution in [0.5, 0.6) is 11.5 Å². The van der Waals surface area contributed by atoms with Gasteiger partial charge in [-0.05, 0) is 18.2 Å². The number of benzene rings is 2. The topological polar surface area (TPSA) is 88.5 Å². The van der Waals surface area contributed by atoms with Crippen molar-refractivity contribution >= 4 is 28.2 Å². The number of ether oxygens (including phenoxy) is 1. The van der Waals surface area contributed by atoms with E-state index >= 15 is 0 Å². The number of phenols is 1. The summed E-state index contributed by atoms with van der Waals surface area (Å²) in [5, 5.41) is 12.8. The molecule has 0 aliphatic rings. The predicted molar refractivity (Wildman–Crippen MR) is 100 cm³/mol. The quantitative estimate of drug-likeness (QED) is 0.665. The number of nitrogens with zero attached hydrogens (tertiary/aromatic N) is 1. The van der Waals surface area contributed by atoms with Crippen molar-refractivity contribution in [1.82, 2.24) is 4.98 Å². The zero-order valence-corrected chi connectivity index (χ0v) is 15.0. The van der Waals surface area contributed by atoms with Crippen LogP contribution in [0.3, 0.4) is 0 Å². The average Bonchev–Trinajstić information content (AvgIpc) is 3.07. The first kappa shape index (κ1) is 17.6. The highest BCUT2D eigenvalue weighted by molar-refractivity contribution is 7.18. The summed E-state index contributed by atoms with van der Waals surface area (Å²) < 4.78 is 5.07. The van der Waals surface area contributed by atoms with Crippen LogP contribution in [0.4, 0.5) is 5.13 Å². The number of Topliss-reactive ketones (excluding diaryl/α,β-unsaturated/α-hetero) is 1. The van der Waals surface area contributed by atoms with Crippen molar-refractivity contribution in [2.75, 3.05) is 12.4 Å². The normalized spacial score (nSPS) is 10.4. The number of hydrogen-bond acceptors (Lipinski definition) is 6. The van der Waals surface area contributed by atoms with Crippen molar-refractivity contribution in [2.45, 2.75) is 6.92 Å². The summed E-state index contributed by atoms with van der Waals surface area (Å²) in [7, 11) is 1.47. The molecular formula is C19H16N2O4S. The van der Waals surface area contributed by atoms with Gasteiger partial charge in [0.25, 0.3) is 5.91 Å². The molecule has 6 nitrogen and oxygen atoms in total. The van der Waals surface area contributed by atoms with Crippen LogP contribution in [0.2, 0.25) is 0 Å². The number of aromatic hydroxyl groups is 1. The molecule has 3 aromatic rings. The number of phenolic OH excluding ortho intramolecular Hbond substituents is 1. The van der Waals surface area contributed by atoms with E-state index in [9.17, 15) is 14.7 Å². The van der Waals surface area contributed by atoms with Crippen LogP contribution in [0.1, 0.15) is 27.0 Å². The van der Waals surface area contributed by atoms with Gasteiger partial charge < -0.3 is 9.84 Å². The maximum Gasteiger partial charge on any atom is 0.261 e. The fourth-order valence-electron chi connectivity index (χ4n) is 2.39. The first-order chi connectivity index (χ1) is 12.5. The zero-order valence-electron chi connectivity index (χ0n) is 14.1. The van der Waals surface area contributed by atoms with Gasteiger partial charge in [0, 0.05) is 12.5 Å². The van der Waals surface area contributed by atoms with Gasteiger partial charge in [0.05, 0.1) is 23.2 Å². The minimum Gasteiger partial charge on any atom is -0.507 e. The Morgan fingerprint density at radius 3 is 2.54 bits per heavy atom. The SMILES string of the molecule is COc1ccc(O)c(C(=O)Nc2nc(-c3ccccc3)c(C(C)=O)s2)c1. The molecule has 0 aliphatic heterocycles. The minimum absolute atomic E-state index is 0.0604. The summed E-state index contributed by atoms with van der Waals surface area (Å²) >= 11 is 1.10. The van der Waals surface area contributed by atoms with Gasteiger partial charge in [-0.3, -0.25) is 14.9 Å². The van der Waals surface area contributed by atoms with E-state index in [0.29, 0.717) is 16.3 Å². The van der Waals surface area contributed by atoms with Gasteiger partial charge >= 0.3 is 0 Å². The molecule has 0 unspecified atom stereocenters. The number of amides is 1. The molecule has 7 heteroatoms. The summed E-state index contributed by atoms with van der Waals surface area (Å²) in [6, 6.07) is 13.6. The van der Waals surface area contributed by atoms with Crippen molar-refractivity contribution in [2.24, 2.45) is 0 Å². The Morgan fingerprint density at radius 2 is 1.88 bits per heavy atom. The number of hydrogen-bond donors (Lipinski definition) is 2. The molecule has 132 valence electrons. The number of thiazole rings is 1. The summed E-state index contributed by atoms with van der Waals surface area (Å²) in [4.78, 5) is 29.3. The molecule has 0 bridgehead atoms. The first-order valence-electron chi connectivity index (χ1n) is 7.75. The monoisotopic (exact) mass is 368 g/mol. The molecule has 3 rings (SSSR count). The van der Waals surface area contributed by atoms with E-state index in [0.717, 1.165) is 16.9 Å². The molecule has 0 radical (unpaired) electrons. The number of methoxy groups -OCH3 is 1. The standard InChI is InChI=1S/C19H16N2O4S/c1-11(22)17-16(12-6-4-3-5-7-12)20-19(26-17)21-18(24)14-10-13(25-2)8-9-15(14)23/h3-10,23H,1-2H3,(H,20,21,24). The number of nitrogens with one attached hydrogen (secondary N) is 1. The number of carbonyl (C=O) groups excluding carboxylic acids is 2. The lowest BCUT2D eigenvalue weighted by Crippen LogP contribution is -2.12. The minimum atomic E-state index is -0.537. The average molecular weight is 368 g/mol. The van der Waals surface area contributed by atoms with E-state index in [-0.39, 0.29) is 22.2 Å². The smallest absolute Gasteiger partial charge is 0.261 e. The van der Waals surface area contributed by atoms with Crippen LogP contribution in [-0.4, -0.2) is 28.9 Å². The number of ketones is 1. The van der Waals surface area contributed by atoms with Gasteiger partial charge in [-0.25, -0.2) is 4.98 Å². The molecule has 2 aromatic carbocycles. The van der Waals surface area contributed by atoms with E-state index in [1.165, 1.54) is 26.2 Å². The number of anilines is 1. The van der Waals surface area contributed by atoms with Crippen LogP contribution in [-0.2, 0) is 0 Å². The van der Waals surface area contributed by atoms with Crippen LogP contribution in [0.15, 0.2) is 48.5 Å². The Balaban J connectivity index is 1.93. The fraction of sp³-hybridized carbons (Fsp3) is 0.105. The van der Waals surface area contributed by atoms with E-state index in [2.05, 4.69) is 10.3 Å². The highest BCUT2D eigenvalue weighted by Crippen LogP contribution is 2.32. The Kier molecular flexibility index (Phi) is 4.99. The van der Waals surface area contributed by atoms with Gasteiger partial charge in [0.2, 0.25) is 0 Å². The second-order valence-corrected chi connectivity index (χ2v) is 6.46. The number of carbonyl (C=O) groups is 2. The van der Waals surface area contributed by atoms with E-state index in [1.54, 1.807) is 6.07 Å². The van der Waals surface area contributed by atoms with Gasteiger partial charge in [-0.1, -0.05) is 41.7 Å². The van der Waals surface area contributed by atoms with Crippen molar-refractivity contribution in [1.29, 1.82) is 0 Å². The van der Waals surface area contributed by atoms with Gasteiger partial charge in [0.1, 0.15) is 11.5 Å². The highest BCUT2D eigenvalue weighted by Gasteiger charge is 2.19.